The van der Waals surface area contributed by atoms with Crippen LogP contribution < -0.4 is 10.2 Å². The molecule has 0 spiro atoms. The molecule has 2 aromatic rings. The lowest BCUT2D eigenvalue weighted by atomic mass is 10.2. The van der Waals surface area contributed by atoms with E-state index < -0.39 is 10.8 Å². The molecule has 0 aromatic heterocycles. The maximum absolute atomic E-state index is 11.9. The molecule has 2 aromatic carbocycles. The zero-order valence-corrected chi connectivity index (χ0v) is 13.7. The van der Waals surface area contributed by atoms with E-state index in [1.807, 2.05) is 13.8 Å². The lowest BCUT2D eigenvalue weighted by Gasteiger charge is -2.10. The van der Waals surface area contributed by atoms with E-state index in [1.165, 1.54) is 36.5 Å². The van der Waals surface area contributed by atoms with Gasteiger partial charge in [0.25, 0.3) is 11.6 Å². The van der Waals surface area contributed by atoms with Crippen molar-refractivity contribution >= 4 is 17.8 Å². The summed E-state index contributed by atoms with van der Waals surface area (Å²) in [5, 5.41) is 24.3. The van der Waals surface area contributed by atoms with E-state index in [1.54, 1.807) is 12.1 Å². The van der Waals surface area contributed by atoms with E-state index >= 15 is 0 Å². The lowest BCUT2D eigenvalue weighted by molar-refractivity contribution is -0.384. The number of nitrogens with zero attached hydrogens (tertiary/aromatic N) is 2. The van der Waals surface area contributed by atoms with Gasteiger partial charge in [0.15, 0.2) is 0 Å². The standard InChI is InChI=1S/C17H17N3O5/c1-11(2)25-15-8-5-13(16(21)9-15)10-18-19-17(22)12-3-6-14(7-4-12)20(23)24/h3-11,21H,1-2H3,(H,19,22)/b18-10-. The number of ether oxygens (including phenoxy) is 1. The van der Waals surface area contributed by atoms with E-state index in [4.69, 9.17) is 4.74 Å². The highest BCUT2D eigenvalue weighted by Gasteiger charge is 2.09. The van der Waals surface area contributed by atoms with E-state index in [2.05, 4.69) is 10.5 Å². The number of hydrogen-bond acceptors (Lipinski definition) is 6. The highest BCUT2D eigenvalue weighted by atomic mass is 16.6. The SMILES string of the molecule is CC(C)Oc1ccc(/C=N\NC(=O)c2ccc([N+](=O)[O-])cc2)c(O)c1. The summed E-state index contributed by atoms with van der Waals surface area (Å²) in [7, 11) is 0. The van der Waals surface area contributed by atoms with Gasteiger partial charge in [0.1, 0.15) is 11.5 Å². The van der Waals surface area contributed by atoms with Crippen molar-refractivity contribution in [1.82, 2.24) is 5.43 Å². The Hall–Kier alpha value is -3.42. The van der Waals surface area contributed by atoms with Crippen LogP contribution in [0.3, 0.4) is 0 Å². The van der Waals surface area contributed by atoms with Crippen LogP contribution in [0.1, 0.15) is 29.8 Å². The second-order valence-electron chi connectivity index (χ2n) is 5.39. The Morgan fingerprint density at radius 3 is 2.52 bits per heavy atom. The van der Waals surface area contributed by atoms with Crippen molar-refractivity contribution < 1.29 is 19.6 Å². The van der Waals surface area contributed by atoms with Gasteiger partial charge in [-0.3, -0.25) is 14.9 Å². The topological polar surface area (TPSA) is 114 Å². The number of amides is 1. The van der Waals surface area contributed by atoms with Gasteiger partial charge in [0.2, 0.25) is 0 Å². The van der Waals surface area contributed by atoms with Crippen molar-refractivity contribution in [3.8, 4) is 11.5 Å². The number of non-ortho nitro benzene ring substituents is 1. The molecule has 0 saturated carbocycles. The Kier molecular flexibility index (Phi) is 5.67. The second-order valence-corrected chi connectivity index (χ2v) is 5.39. The number of benzene rings is 2. The van der Waals surface area contributed by atoms with E-state index in [-0.39, 0.29) is 23.1 Å². The Bertz CT molecular complexity index is 800. The molecule has 0 aliphatic carbocycles. The summed E-state index contributed by atoms with van der Waals surface area (Å²) in [5.74, 6) is -0.0311. The minimum atomic E-state index is -0.546. The Balaban J connectivity index is 2.00. The van der Waals surface area contributed by atoms with Gasteiger partial charge < -0.3 is 9.84 Å². The van der Waals surface area contributed by atoms with E-state index in [9.17, 15) is 20.0 Å². The third-order valence-electron chi connectivity index (χ3n) is 3.08. The summed E-state index contributed by atoms with van der Waals surface area (Å²) < 4.78 is 5.45. The first-order chi connectivity index (χ1) is 11.9. The lowest BCUT2D eigenvalue weighted by Crippen LogP contribution is -2.17. The fourth-order valence-electron chi connectivity index (χ4n) is 1.94. The second kappa shape index (κ2) is 7.91. The molecule has 0 fully saturated rings. The minimum absolute atomic E-state index is 0.0140. The van der Waals surface area contributed by atoms with E-state index in [0.717, 1.165) is 0 Å². The summed E-state index contributed by atoms with van der Waals surface area (Å²) in [4.78, 5) is 21.9. The largest absolute Gasteiger partial charge is 0.507 e. The molecule has 8 heteroatoms. The molecule has 0 atom stereocenters. The van der Waals surface area contributed by atoms with Crippen LogP contribution in [0.2, 0.25) is 0 Å². The van der Waals surface area contributed by atoms with Crippen LogP contribution in [0.4, 0.5) is 5.69 Å². The molecule has 8 nitrogen and oxygen atoms in total. The number of aromatic hydroxyl groups is 1. The van der Waals surface area contributed by atoms with Crippen LogP contribution in [-0.4, -0.2) is 28.3 Å². The molecule has 0 bridgehead atoms. The van der Waals surface area contributed by atoms with Crippen LogP contribution in [0.15, 0.2) is 47.6 Å². The van der Waals surface area contributed by atoms with Crippen molar-refractivity contribution in [2.75, 3.05) is 0 Å². The average molecular weight is 343 g/mol. The van der Waals surface area contributed by atoms with Gasteiger partial charge in [-0.25, -0.2) is 5.43 Å². The van der Waals surface area contributed by atoms with Crippen molar-refractivity contribution in [2.24, 2.45) is 5.10 Å². The van der Waals surface area contributed by atoms with Crippen molar-refractivity contribution in [3.05, 3.63) is 63.7 Å². The van der Waals surface area contributed by atoms with Crippen LogP contribution in [-0.2, 0) is 0 Å². The molecule has 0 aliphatic rings. The number of rotatable bonds is 6. The molecule has 0 radical (unpaired) electrons. The van der Waals surface area contributed by atoms with Crippen molar-refractivity contribution in [1.29, 1.82) is 0 Å². The number of phenolic OH excluding ortho intramolecular Hbond substituents is 1. The van der Waals surface area contributed by atoms with Gasteiger partial charge in [-0.1, -0.05) is 0 Å². The third kappa shape index (κ3) is 5.03. The Morgan fingerprint density at radius 1 is 1.28 bits per heavy atom. The van der Waals surface area contributed by atoms with Gasteiger partial charge in [-0.05, 0) is 38.1 Å². The molecule has 2 rings (SSSR count). The predicted octanol–water partition coefficient (Wildman–Crippen LogP) is 2.85. The summed E-state index contributed by atoms with van der Waals surface area (Å²) in [5.41, 5.74) is 2.82. The molecule has 2 N–H and O–H groups in total. The zero-order valence-electron chi connectivity index (χ0n) is 13.7. The molecule has 0 heterocycles. The third-order valence-corrected chi connectivity index (χ3v) is 3.08. The summed E-state index contributed by atoms with van der Waals surface area (Å²) in [6.45, 7) is 3.75. The van der Waals surface area contributed by atoms with Gasteiger partial charge in [0.05, 0.1) is 17.2 Å². The van der Waals surface area contributed by atoms with Crippen molar-refractivity contribution in [2.45, 2.75) is 20.0 Å². The number of nitro benzene ring substituents is 1. The molecule has 130 valence electrons. The molecule has 0 aliphatic heterocycles. The number of carbonyl (C=O) groups excluding carboxylic acids is 1. The summed E-state index contributed by atoms with van der Waals surface area (Å²) >= 11 is 0. The van der Waals surface area contributed by atoms with Crippen LogP contribution >= 0.6 is 0 Å². The molecule has 0 unspecified atom stereocenters. The first kappa shape index (κ1) is 17.9. The number of carbonyl (C=O) groups is 1. The first-order valence-electron chi connectivity index (χ1n) is 7.44. The van der Waals surface area contributed by atoms with Gasteiger partial charge >= 0.3 is 0 Å². The predicted molar refractivity (Wildman–Crippen MR) is 92.0 cm³/mol. The average Bonchev–Trinajstić information content (AvgIpc) is 2.56. The van der Waals surface area contributed by atoms with E-state index in [0.29, 0.717) is 11.3 Å². The normalized spacial score (nSPS) is 10.8. The zero-order chi connectivity index (χ0) is 18.4. The quantitative estimate of drug-likeness (QED) is 0.475. The first-order valence-corrected chi connectivity index (χ1v) is 7.44. The minimum Gasteiger partial charge on any atom is -0.507 e. The summed E-state index contributed by atoms with van der Waals surface area (Å²) in [6, 6.07) is 9.88. The molecular weight excluding hydrogens is 326 g/mol. The highest BCUT2D eigenvalue weighted by molar-refractivity contribution is 5.95. The smallest absolute Gasteiger partial charge is 0.271 e. The molecule has 25 heavy (non-hydrogen) atoms. The fraction of sp³-hybridized carbons (Fsp3) is 0.176. The van der Waals surface area contributed by atoms with Crippen LogP contribution in [0, 0.1) is 10.1 Å². The molecular formula is C17H17N3O5. The number of nitrogens with one attached hydrogen (secondary N) is 1. The number of hydrogen-bond donors (Lipinski definition) is 2. The highest BCUT2D eigenvalue weighted by Crippen LogP contribution is 2.23. The maximum atomic E-state index is 11.9. The van der Waals surface area contributed by atoms with Gasteiger partial charge in [-0.15, -0.1) is 0 Å². The number of phenols is 1. The maximum Gasteiger partial charge on any atom is 0.271 e. The molecule has 0 saturated heterocycles. The van der Waals surface area contributed by atoms with Crippen LogP contribution in [0.25, 0.3) is 0 Å². The summed E-state index contributed by atoms with van der Waals surface area (Å²) in [6.07, 6.45) is 1.28. The monoisotopic (exact) mass is 343 g/mol. The molecule has 1 amide bonds. The Morgan fingerprint density at radius 2 is 1.96 bits per heavy atom. The van der Waals surface area contributed by atoms with Crippen LogP contribution in [0.5, 0.6) is 11.5 Å². The van der Waals surface area contributed by atoms with Gasteiger partial charge in [-0.2, -0.15) is 5.10 Å². The van der Waals surface area contributed by atoms with Crippen molar-refractivity contribution in [3.63, 3.8) is 0 Å². The Labute approximate surface area is 143 Å². The fourth-order valence-corrected chi connectivity index (χ4v) is 1.94. The van der Waals surface area contributed by atoms with Gasteiger partial charge in [0, 0.05) is 29.3 Å². The number of hydrazone groups is 1. The number of nitro groups is 1.